The number of carbonyl (C=O) groups excluding carboxylic acids is 2. The van der Waals surface area contributed by atoms with Gasteiger partial charge in [0, 0.05) is 4.88 Å². The first-order valence-electron chi connectivity index (χ1n) is 10.1. The molecule has 0 atom stereocenters. The zero-order chi connectivity index (χ0) is 20.4. The summed E-state index contributed by atoms with van der Waals surface area (Å²) >= 11 is 2.99. The third kappa shape index (κ3) is 4.07. The van der Waals surface area contributed by atoms with E-state index in [1.807, 2.05) is 0 Å². The molecule has 0 bridgehead atoms. The van der Waals surface area contributed by atoms with E-state index < -0.39 is 5.54 Å². The second-order valence-electron chi connectivity index (χ2n) is 7.60. The van der Waals surface area contributed by atoms with E-state index in [1.54, 1.807) is 18.3 Å². The molecule has 29 heavy (non-hydrogen) atoms. The molecule has 2 aliphatic rings. The number of aromatic amines is 1. The molecule has 0 aromatic carbocycles. The van der Waals surface area contributed by atoms with Crippen molar-refractivity contribution in [1.29, 1.82) is 0 Å². The molecule has 0 spiro atoms. The molecule has 0 radical (unpaired) electrons. The normalized spacial score (nSPS) is 17.4. The molecule has 7 nitrogen and oxygen atoms in total. The van der Waals surface area contributed by atoms with Crippen molar-refractivity contribution in [2.24, 2.45) is 0 Å². The molecule has 2 aromatic rings. The van der Waals surface area contributed by atoms with E-state index in [0.717, 1.165) is 47.9 Å². The van der Waals surface area contributed by atoms with Crippen LogP contribution in [0.1, 0.15) is 55.3 Å². The number of amides is 1. The van der Waals surface area contributed by atoms with Gasteiger partial charge in [0.1, 0.15) is 16.2 Å². The molecule has 0 aliphatic heterocycles. The average Bonchev–Trinajstić information content (AvgIpc) is 3.38. The van der Waals surface area contributed by atoms with Crippen LogP contribution >= 0.6 is 23.1 Å². The van der Waals surface area contributed by atoms with E-state index in [2.05, 4.69) is 15.3 Å². The van der Waals surface area contributed by atoms with Gasteiger partial charge in [-0.05, 0) is 44.6 Å². The van der Waals surface area contributed by atoms with Gasteiger partial charge in [-0.15, -0.1) is 23.1 Å². The summed E-state index contributed by atoms with van der Waals surface area (Å²) in [4.78, 5) is 46.8. The first-order chi connectivity index (χ1) is 14.0. The summed E-state index contributed by atoms with van der Waals surface area (Å²) in [6, 6.07) is 0. The smallest absolute Gasteiger partial charge is 0.331 e. The van der Waals surface area contributed by atoms with Crippen LogP contribution in [0.2, 0.25) is 0 Å². The Hall–Kier alpha value is -1.87. The molecule has 2 aliphatic carbocycles. The minimum Gasteiger partial charge on any atom is -0.464 e. The van der Waals surface area contributed by atoms with Gasteiger partial charge >= 0.3 is 5.97 Å². The number of aromatic nitrogens is 2. The van der Waals surface area contributed by atoms with Crippen molar-refractivity contribution >= 4 is 45.2 Å². The number of esters is 1. The van der Waals surface area contributed by atoms with E-state index in [4.69, 9.17) is 4.74 Å². The summed E-state index contributed by atoms with van der Waals surface area (Å²) < 4.78 is 5.17. The van der Waals surface area contributed by atoms with Crippen molar-refractivity contribution in [1.82, 2.24) is 15.3 Å². The molecule has 1 saturated carbocycles. The van der Waals surface area contributed by atoms with Crippen LogP contribution in [0, 0.1) is 0 Å². The lowest BCUT2D eigenvalue weighted by molar-refractivity contribution is -0.152. The van der Waals surface area contributed by atoms with Crippen LogP contribution in [-0.4, -0.2) is 39.7 Å². The Labute approximate surface area is 177 Å². The monoisotopic (exact) mass is 435 g/mol. The van der Waals surface area contributed by atoms with Crippen LogP contribution in [0.3, 0.4) is 0 Å². The third-order valence-corrected chi connectivity index (χ3v) is 7.73. The number of ether oxygens (including phenoxy) is 1. The van der Waals surface area contributed by atoms with Crippen LogP contribution in [0.5, 0.6) is 0 Å². The highest BCUT2D eigenvalue weighted by Crippen LogP contribution is 2.34. The van der Waals surface area contributed by atoms with Crippen LogP contribution in [0.25, 0.3) is 10.2 Å². The second kappa shape index (κ2) is 8.47. The highest BCUT2D eigenvalue weighted by molar-refractivity contribution is 7.99. The molecule has 0 saturated heterocycles. The molecule has 2 aromatic heterocycles. The van der Waals surface area contributed by atoms with Crippen molar-refractivity contribution in [2.75, 3.05) is 12.4 Å². The number of hydrogen-bond acceptors (Lipinski definition) is 7. The number of nitrogens with one attached hydrogen (secondary N) is 2. The van der Waals surface area contributed by atoms with Gasteiger partial charge in [-0.25, -0.2) is 9.78 Å². The number of hydrogen-bond donors (Lipinski definition) is 2. The number of thioether (sulfide) groups is 1. The van der Waals surface area contributed by atoms with Gasteiger partial charge in [0.2, 0.25) is 5.91 Å². The molecular weight excluding hydrogens is 410 g/mol. The summed E-state index contributed by atoms with van der Waals surface area (Å²) in [5.74, 6) is 0.694. The molecule has 9 heteroatoms. The van der Waals surface area contributed by atoms with Gasteiger partial charge < -0.3 is 15.0 Å². The van der Waals surface area contributed by atoms with Gasteiger partial charge in [0.15, 0.2) is 0 Å². The zero-order valence-corrected chi connectivity index (χ0v) is 18.1. The number of rotatable bonds is 7. The first-order valence-corrected chi connectivity index (χ1v) is 12.1. The SMILES string of the molecule is CCOC(=O)C1(NC(=O)CSCc2nc3sc4c(c3c(=O)[nH]2)CCC4)CCCC1. The molecule has 2 heterocycles. The average molecular weight is 436 g/mol. The molecule has 4 rings (SSSR count). The van der Waals surface area contributed by atoms with Gasteiger partial charge in [0.05, 0.1) is 23.5 Å². The van der Waals surface area contributed by atoms with E-state index in [-0.39, 0.29) is 23.2 Å². The van der Waals surface area contributed by atoms with Crippen molar-refractivity contribution in [2.45, 2.75) is 63.2 Å². The van der Waals surface area contributed by atoms with E-state index in [9.17, 15) is 14.4 Å². The Morgan fingerprint density at radius 2 is 2.07 bits per heavy atom. The third-order valence-electron chi connectivity index (χ3n) is 5.60. The predicted octanol–water partition coefficient (Wildman–Crippen LogP) is 2.70. The molecule has 2 N–H and O–H groups in total. The Morgan fingerprint density at radius 1 is 1.28 bits per heavy atom. The number of fused-ring (bicyclic) bond motifs is 3. The second-order valence-corrected chi connectivity index (χ2v) is 9.67. The van der Waals surface area contributed by atoms with Crippen LogP contribution in [0.15, 0.2) is 4.79 Å². The molecule has 0 unspecified atom stereocenters. The topological polar surface area (TPSA) is 101 Å². The van der Waals surface area contributed by atoms with Crippen molar-refractivity contribution < 1.29 is 14.3 Å². The first kappa shape index (κ1) is 20.4. The summed E-state index contributed by atoms with van der Waals surface area (Å²) in [6.45, 7) is 2.07. The predicted molar refractivity (Wildman–Crippen MR) is 114 cm³/mol. The highest BCUT2D eigenvalue weighted by Gasteiger charge is 2.43. The molecule has 1 fully saturated rings. The minimum atomic E-state index is -0.878. The fourth-order valence-corrected chi connectivity index (χ4v) is 6.26. The Bertz CT molecular complexity index is 992. The van der Waals surface area contributed by atoms with Crippen molar-refractivity contribution in [3.8, 4) is 0 Å². The quantitative estimate of drug-likeness (QED) is 0.649. The Kier molecular flexibility index (Phi) is 5.96. The van der Waals surface area contributed by atoms with Crippen LogP contribution in [0.4, 0.5) is 0 Å². The summed E-state index contributed by atoms with van der Waals surface area (Å²) in [5, 5.41) is 3.65. The number of H-pyrrole nitrogens is 1. The largest absolute Gasteiger partial charge is 0.464 e. The Morgan fingerprint density at radius 3 is 2.83 bits per heavy atom. The minimum absolute atomic E-state index is 0.0818. The number of carbonyl (C=O) groups is 2. The van der Waals surface area contributed by atoms with E-state index >= 15 is 0 Å². The van der Waals surface area contributed by atoms with E-state index in [0.29, 0.717) is 31.0 Å². The number of nitrogens with zero attached hydrogens (tertiary/aromatic N) is 1. The summed E-state index contributed by atoms with van der Waals surface area (Å²) in [5.41, 5.74) is 0.205. The van der Waals surface area contributed by atoms with Gasteiger partial charge in [-0.1, -0.05) is 12.8 Å². The van der Waals surface area contributed by atoms with E-state index in [1.165, 1.54) is 16.6 Å². The maximum absolute atomic E-state index is 12.5. The molecular formula is C20H25N3O4S2. The fraction of sp³-hybridized carbons (Fsp3) is 0.600. The maximum Gasteiger partial charge on any atom is 0.331 e. The summed E-state index contributed by atoms with van der Waals surface area (Å²) in [7, 11) is 0. The Balaban J connectivity index is 1.37. The number of thiophene rings is 1. The standard InChI is InChI=1S/C20H25N3O4S2/c1-2-27-19(26)20(8-3-4-9-20)23-15(24)11-28-10-14-21-17(25)16-12-6-5-7-13(12)29-18(16)22-14/h2-11H2,1H3,(H,23,24)(H,21,22,25). The molecule has 156 valence electrons. The lowest BCUT2D eigenvalue weighted by Crippen LogP contribution is -2.53. The van der Waals surface area contributed by atoms with Gasteiger partial charge in [-0.3, -0.25) is 9.59 Å². The van der Waals surface area contributed by atoms with Crippen LogP contribution in [-0.2, 0) is 32.9 Å². The van der Waals surface area contributed by atoms with Crippen LogP contribution < -0.4 is 10.9 Å². The lowest BCUT2D eigenvalue weighted by atomic mass is 9.98. The number of aryl methyl sites for hydroxylation is 2. The molecule has 1 amide bonds. The van der Waals surface area contributed by atoms with Crippen molar-refractivity contribution in [3.05, 3.63) is 26.6 Å². The summed E-state index contributed by atoms with van der Waals surface area (Å²) in [6.07, 6.45) is 6.15. The zero-order valence-electron chi connectivity index (χ0n) is 16.5. The van der Waals surface area contributed by atoms with Crippen molar-refractivity contribution in [3.63, 3.8) is 0 Å². The fourth-order valence-electron chi connectivity index (χ4n) is 4.29. The lowest BCUT2D eigenvalue weighted by Gasteiger charge is -2.27. The highest BCUT2D eigenvalue weighted by atomic mass is 32.2. The van der Waals surface area contributed by atoms with Gasteiger partial charge in [0.25, 0.3) is 5.56 Å². The van der Waals surface area contributed by atoms with Gasteiger partial charge in [-0.2, -0.15) is 0 Å². The maximum atomic E-state index is 12.5.